The van der Waals surface area contributed by atoms with Crippen molar-refractivity contribution in [3.05, 3.63) is 66.2 Å². The Morgan fingerprint density at radius 1 is 0.955 bits per heavy atom. The highest BCUT2D eigenvalue weighted by molar-refractivity contribution is 5.96. The monoisotopic (exact) mass is 296 g/mol. The van der Waals surface area contributed by atoms with Gasteiger partial charge in [0.15, 0.2) is 0 Å². The van der Waals surface area contributed by atoms with Gasteiger partial charge >= 0.3 is 0 Å². The van der Waals surface area contributed by atoms with Crippen molar-refractivity contribution < 1.29 is 9.59 Å². The SMILES string of the molecule is CC(=O)N[C@@H](CCc1ccccc1)C(=O)Nc1ccccc1. The van der Waals surface area contributed by atoms with Gasteiger partial charge in [-0.2, -0.15) is 0 Å². The molecule has 2 rings (SSSR count). The summed E-state index contributed by atoms with van der Waals surface area (Å²) in [6, 6.07) is 18.6. The van der Waals surface area contributed by atoms with Gasteiger partial charge < -0.3 is 10.6 Å². The number of hydrogen-bond donors (Lipinski definition) is 2. The summed E-state index contributed by atoms with van der Waals surface area (Å²) in [5, 5.41) is 5.55. The Hall–Kier alpha value is -2.62. The second kappa shape index (κ2) is 7.98. The number of carbonyl (C=O) groups is 2. The van der Waals surface area contributed by atoms with Gasteiger partial charge in [-0.05, 0) is 30.5 Å². The molecule has 0 saturated heterocycles. The Bertz CT molecular complexity index is 611. The minimum absolute atomic E-state index is 0.197. The van der Waals surface area contributed by atoms with Crippen molar-refractivity contribution in [3.8, 4) is 0 Å². The zero-order valence-corrected chi connectivity index (χ0v) is 12.6. The van der Waals surface area contributed by atoms with Crippen molar-refractivity contribution in [3.63, 3.8) is 0 Å². The fraction of sp³-hybridized carbons (Fsp3) is 0.222. The maximum absolute atomic E-state index is 12.3. The maximum atomic E-state index is 12.3. The van der Waals surface area contributed by atoms with E-state index in [0.717, 1.165) is 17.7 Å². The van der Waals surface area contributed by atoms with Crippen LogP contribution in [0.2, 0.25) is 0 Å². The Balaban J connectivity index is 1.98. The zero-order chi connectivity index (χ0) is 15.8. The van der Waals surface area contributed by atoms with Crippen LogP contribution in [0.4, 0.5) is 5.69 Å². The molecule has 0 aliphatic carbocycles. The third-order valence-electron chi connectivity index (χ3n) is 3.30. The predicted molar refractivity (Wildman–Crippen MR) is 87.4 cm³/mol. The molecule has 0 bridgehead atoms. The van der Waals surface area contributed by atoms with E-state index in [1.807, 2.05) is 60.7 Å². The quantitative estimate of drug-likeness (QED) is 0.861. The summed E-state index contributed by atoms with van der Waals surface area (Å²) in [5.41, 5.74) is 1.87. The van der Waals surface area contributed by atoms with Gasteiger partial charge in [-0.3, -0.25) is 9.59 Å². The molecule has 4 nitrogen and oxygen atoms in total. The fourth-order valence-electron chi connectivity index (χ4n) is 2.22. The molecule has 2 aromatic carbocycles. The number of hydrogen-bond acceptors (Lipinski definition) is 2. The van der Waals surface area contributed by atoms with Crippen LogP contribution in [0, 0.1) is 0 Å². The van der Waals surface area contributed by atoms with Crippen LogP contribution >= 0.6 is 0 Å². The minimum atomic E-state index is -0.544. The van der Waals surface area contributed by atoms with Gasteiger partial charge in [-0.15, -0.1) is 0 Å². The highest BCUT2D eigenvalue weighted by Gasteiger charge is 2.19. The lowest BCUT2D eigenvalue weighted by Gasteiger charge is -2.17. The highest BCUT2D eigenvalue weighted by atomic mass is 16.2. The molecule has 2 N–H and O–H groups in total. The van der Waals surface area contributed by atoms with E-state index in [4.69, 9.17) is 0 Å². The van der Waals surface area contributed by atoms with Crippen molar-refractivity contribution in [2.24, 2.45) is 0 Å². The standard InChI is InChI=1S/C18H20N2O2/c1-14(21)19-17(13-12-15-8-4-2-5-9-15)18(22)20-16-10-6-3-7-11-16/h2-11,17H,12-13H2,1H3,(H,19,21)(H,20,22)/t17-/m0/s1. The first-order valence-electron chi connectivity index (χ1n) is 7.32. The summed E-state index contributed by atoms with van der Waals surface area (Å²) in [6.45, 7) is 1.42. The third-order valence-corrected chi connectivity index (χ3v) is 3.30. The van der Waals surface area contributed by atoms with Crippen molar-refractivity contribution in [1.82, 2.24) is 5.32 Å². The molecule has 0 aromatic heterocycles. The Morgan fingerprint density at radius 3 is 2.14 bits per heavy atom. The van der Waals surface area contributed by atoms with Gasteiger partial charge in [0.1, 0.15) is 6.04 Å². The molecule has 2 amide bonds. The van der Waals surface area contributed by atoms with Crippen LogP contribution in [0.15, 0.2) is 60.7 Å². The molecule has 22 heavy (non-hydrogen) atoms. The van der Waals surface area contributed by atoms with Gasteiger partial charge in [0.25, 0.3) is 0 Å². The Kier molecular flexibility index (Phi) is 5.72. The molecule has 0 heterocycles. The number of benzene rings is 2. The molecule has 0 aliphatic heterocycles. The number of anilines is 1. The largest absolute Gasteiger partial charge is 0.345 e. The van der Waals surface area contributed by atoms with Crippen LogP contribution in [-0.2, 0) is 16.0 Å². The molecule has 0 unspecified atom stereocenters. The topological polar surface area (TPSA) is 58.2 Å². The van der Waals surface area contributed by atoms with Gasteiger partial charge in [-0.25, -0.2) is 0 Å². The van der Waals surface area contributed by atoms with E-state index in [1.54, 1.807) is 0 Å². The van der Waals surface area contributed by atoms with Gasteiger partial charge in [0.05, 0.1) is 0 Å². The summed E-state index contributed by atoms with van der Waals surface area (Å²) >= 11 is 0. The number of amides is 2. The molecule has 0 saturated carbocycles. The molecular formula is C18H20N2O2. The lowest BCUT2D eigenvalue weighted by Crippen LogP contribution is -2.43. The Labute approximate surface area is 130 Å². The lowest BCUT2D eigenvalue weighted by atomic mass is 10.0. The van der Waals surface area contributed by atoms with Crippen LogP contribution < -0.4 is 10.6 Å². The summed E-state index contributed by atoms with van der Waals surface area (Å²) in [6.07, 6.45) is 1.29. The van der Waals surface area contributed by atoms with E-state index in [-0.39, 0.29) is 11.8 Å². The molecular weight excluding hydrogens is 276 g/mol. The molecule has 0 aliphatic rings. The second-order valence-electron chi connectivity index (χ2n) is 5.13. The average molecular weight is 296 g/mol. The summed E-state index contributed by atoms with van der Waals surface area (Å²) in [5.74, 6) is -0.404. The molecule has 0 radical (unpaired) electrons. The molecule has 0 spiro atoms. The lowest BCUT2D eigenvalue weighted by molar-refractivity contribution is -0.125. The van der Waals surface area contributed by atoms with Crippen LogP contribution in [0.1, 0.15) is 18.9 Å². The van der Waals surface area contributed by atoms with Gasteiger partial charge in [0.2, 0.25) is 11.8 Å². The van der Waals surface area contributed by atoms with E-state index in [1.165, 1.54) is 6.92 Å². The Morgan fingerprint density at radius 2 is 1.55 bits per heavy atom. The number of nitrogens with one attached hydrogen (secondary N) is 2. The molecule has 0 fully saturated rings. The van der Waals surface area contributed by atoms with E-state index < -0.39 is 6.04 Å². The van der Waals surface area contributed by atoms with Crippen LogP contribution in [0.5, 0.6) is 0 Å². The fourth-order valence-corrected chi connectivity index (χ4v) is 2.22. The zero-order valence-electron chi connectivity index (χ0n) is 12.6. The predicted octanol–water partition coefficient (Wildman–Crippen LogP) is 2.76. The maximum Gasteiger partial charge on any atom is 0.246 e. The van der Waals surface area contributed by atoms with E-state index in [0.29, 0.717) is 6.42 Å². The van der Waals surface area contributed by atoms with Gasteiger partial charge in [-0.1, -0.05) is 48.5 Å². The second-order valence-corrected chi connectivity index (χ2v) is 5.13. The van der Waals surface area contributed by atoms with Crippen LogP contribution in [0.25, 0.3) is 0 Å². The van der Waals surface area contributed by atoms with Gasteiger partial charge in [0, 0.05) is 12.6 Å². The van der Waals surface area contributed by atoms with E-state index >= 15 is 0 Å². The number of rotatable bonds is 6. The summed E-state index contributed by atoms with van der Waals surface area (Å²) in [4.78, 5) is 23.7. The molecule has 4 heteroatoms. The normalized spacial score (nSPS) is 11.5. The van der Waals surface area contributed by atoms with E-state index in [9.17, 15) is 9.59 Å². The van der Waals surface area contributed by atoms with Crippen LogP contribution in [0.3, 0.4) is 0 Å². The number of para-hydroxylation sites is 1. The molecule has 1 atom stereocenters. The first-order valence-corrected chi connectivity index (χ1v) is 7.32. The molecule has 2 aromatic rings. The average Bonchev–Trinajstić information content (AvgIpc) is 2.53. The van der Waals surface area contributed by atoms with Crippen molar-refractivity contribution in [2.75, 3.05) is 5.32 Å². The first-order chi connectivity index (χ1) is 10.6. The first kappa shape index (κ1) is 15.8. The minimum Gasteiger partial charge on any atom is -0.345 e. The smallest absolute Gasteiger partial charge is 0.246 e. The third kappa shape index (κ3) is 5.05. The van der Waals surface area contributed by atoms with Crippen molar-refractivity contribution >= 4 is 17.5 Å². The summed E-state index contributed by atoms with van der Waals surface area (Å²) in [7, 11) is 0. The van der Waals surface area contributed by atoms with E-state index in [2.05, 4.69) is 10.6 Å². The number of carbonyl (C=O) groups excluding carboxylic acids is 2. The summed E-state index contributed by atoms with van der Waals surface area (Å²) < 4.78 is 0. The molecule has 114 valence electrons. The highest BCUT2D eigenvalue weighted by Crippen LogP contribution is 2.09. The number of aryl methyl sites for hydroxylation is 1. The van der Waals surface area contributed by atoms with Crippen molar-refractivity contribution in [1.29, 1.82) is 0 Å². The van der Waals surface area contributed by atoms with Crippen LogP contribution in [-0.4, -0.2) is 17.9 Å². The van der Waals surface area contributed by atoms with Crippen molar-refractivity contribution in [2.45, 2.75) is 25.8 Å².